The first kappa shape index (κ1) is 17.6. The zero-order chi connectivity index (χ0) is 18.8. The van der Waals surface area contributed by atoms with Gasteiger partial charge in [0, 0.05) is 43.9 Å². The van der Waals surface area contributed by atoms with E-state index >= 15 is 0 Å². The number of carbonyl (C=O) groups excluding carboxylic acids is 1. The average molecular weight is 367 g/mol. The number of hydrogen-bond acceptors (Lipinski definition) is 6. The number of ether oxygens (including phenoxy) is 1. The summed E-state index contributed by atoms with van der Waals surface area (Å²) in [5, 5.41) is 0. The third-order valence-electron chi connectivity index (χ3n) is 5.29. The van der Waals surface area contributed by atoms with E-state index in [0.717, 1.165) is 48.8 Å². The Labute approximate surface area is 159 Å². The number of rotatable bonds is 2. The van der Waals surface area contributed by atoms with Gasteiger partial charge in [-0.3, -0.25) is 4.79 Å². The third kappa shape index (κ3) is 3.82. The van der Waals surface area contributed by atoms with Crippen LogP contribution in [0.15, 0.2) is 30.3 Å². The second kappa shape index (κ2) is 7.42. The molecule has 0 unspecified atom stereocenters. The molecule has 142 valence electrons. The number of carbonyl (C=O) groups is 1. The van der Waals surface area contributed by atoms with Gasteiger partial charge >= 0.3 is 0 Å². The van der Waals surface area contributed by atoms with Crippen LogP contribution in [-0.2, 0) is 11.2 Å². The van der Waals surface area contributed by atoms with Crippen molar-refractivity contribution in [3.05, 3.63) is 41.6 Å². The standard InChI is InChI=1S/C20H25N5O2/c1-14-12-18(23-20(21)22-14)24-7-9-25(10-8-24)19(26)16-6-11-27-17-5-3-2-4-15(17)13-16/h2-5,12,16H,6-11,13H2,1H3,(H2,21,22,23)/t16-/m0/s1. The van der Waals surface area contributed by atoms with E-state index in [-0.39, 0.29) is 11.8 Å². The zero-order valence-electron chi connectivity index (χ0n) is 15.6. The van der Waals surface area contributed by atoms with Crippen molar-refractivity contribution in [3.63, 3.8) is 0 Å². The van der Waals surface area contributed by atoms with Gasteiger partial charge < -0.3 is 20.3 Å². The van der Waals surface area contributed by atoms with Gasteiger partial charge in [-0.05, 0) is 31.4 Å². The summed E-state index contributed by atoms with van der Waals surface area (Å²) >= 11 is 0. The Morgan fingerprint density at radius 1 is 1.19 bits per heavy atom. The molecule has 2 N–H and O–H groups in total. The van der Waals surface area contributed by atoms with Gasteiger partial charge in [0.15, 0.2) is 0 Å². The van der Waals surface area contributed by atoms with E-state index in [1.165, 1.54) is 0 Å². The number of hydrogen-bond donors (Lipinski definition) is 1. The summed E-state index contributed by atoms with van der Waals surface area (Å²) < 4.78 is 5.81. The molecule has 0 saturated carbocycles. The van der Waals surface area contributed by atoms with Crippen LogP contribution in [-0.4, -0.2) is 53.6 Å². The molecule has 1 saturated heterocycles. The number of fused-ring (bicyclic) bond motifs is 1. The van der Waals surface area contributed by atoms with E-state index < -0.39 is 0 Å². The van der Waals surface area contributed by atoms with Crippen molar-refractivity contribution in [1.29, 1.82) is 0 Å². The van der Waals surface area contributed by atoms with Crippen LogP contribution in [0.3, 0.4) is 0 Å². The monoisotopic (exact) mass is 367 g/mol. The predicted molar refractivity (Wildman–Crippen MR) is 104 cm³/mol. The van der Waals surface area contributed by atoms with Gasteiger partial charge in [-0.15, -0.1) is 0 Å². The number of nitrogen functional groups attached to an aromatic ring is 1. The molecule has 3 heterocycles. The normalized spacial score (nSPS) is 19.8. The first-order valence-electron chi connectivity index (χ1n) is 9.46. The number of piperazine rings is 1. The molecule has 0 bridgehead atoms. The largest absolute Gasteiger partial charge is 0.493 e. The van der Waals surface area contributed by atoms with Crippen molar-refractivity contribution in [1.82, 2.24) is 14.9 Å². The van der Waals surface area contributed by atoms with Crippen molar-refractivity contribution < 1.29 is 9.53 Å². The van der Waals surface area contributed by atoms with E-state index in [1.54, 1.807) is 0 Å². The Morgan fingerprint density at radius 3 is 2.74 bits per heavy atom. The highest BCUT2D eigenvalue weighted by Gasteiger charge is 2.30. The minimum atomic E-state index is -0.0165. The van der Waals surface area contributed by atoms with Gasteiger partial charge in [0.25, 0.3) is 0 Å². The second-order valence-electron chi connectivity index (χ2n) is 7.18. The maximum atomic E-state index is 13.1. The van der Waals surface area contributed by atoms with Crippen LogP contribution in [0.4, 0.5) is 11.8 Å². The summed E-state index contributed by atoms with van der Waals surface area (Å²) in [6.45, 7) is 5.39. The summed E-state index contributed by atoms with van der Waals surface area (Å²) in [4.78, 5) is 25.7. The Bertz CT molecular complexity index is 813. The highest BCUT2D eigenvalue weighted by molar-refractivity contribution is 5.79. The molecule has 1 atom stereocenters. The van der Waals surface area contributed by atoms with Crippen LogP contribution in [0, 0.1) is 12.8 Å². The molecule has 7 heteroatoms. The molecular formula is C20H25N5O2. The molecule has 2 aromatic rings. The number of para-hydroxylation sites is 1. The second-order valence-corrected chi connectivity index (χ2v) is 7.18. The van der Waals surface area contributed by atoms with Crippen LogP contribution in [0.25, 0.3) is 0 Å². The van der Waals surface area contributed by atoms with E-state index in [4.69, 9.17) is 10.5 Å². The number of benzene rings is 1. The highest BCUT2D eigenvalue weighted by Crippen LogP contribution is 2.28. The fourth-order valence-electron chi connectivity index (χ4n) is 3.85. The minimum Gasteiger partial charge on any atom is -0.493 e. The predicted octanol–water partition coefficient (Wildman–Crippen LogP) is 1.66. The lowest BCUT2D eigenvalue weighted by Crippen LogP contribution is -2.51. The summed E-state index contributed by atoms with van der Waals surface area (Å²) in [5.41, 5.74) is 7.75. The van der Waals surface area contributed by atoms with Crippen LogP contribution < -0.4 is 15.4 Å². The quantitative estimate of drug-likeness (QED) is 0.869. The molecule has 0 spiro atoms. The first-order chi connectivity index (χ1) is 13.1. The Morgan fingerprint density at radius 2 is 1.96 bits per heavy atom. The Kier molecular flexibility index (Phi) is 4.83. The van der Waals surface area contributed by atoms with Crippen molar-refractivity contribution in [2.24, 2.45) is 5.92 Å². The molecule has 2 aliphatic heterocycles. The van der Waals surface area contributed by atoms with Crippen molar-refractivity contribution >= 4 is 17.7 Å². The Balaban J connectivity index is 1.40. The summed E-state index contributed by atoms with van der Waals surface area (Å²) in [6.07, 6.45) is 1.51. The molecule has 0 aliphatic carbocycles. The van der Waals surface area contributed by atoms with Crippen LogP contribution in [0.2, 0.25) is 0 Å². The average Bonchev–Trinajstić information content (AvgIpc) is 2.89. The molecule has 4 rings (SSSR count). The molecular weight excluding hydrogens is 342 g/mol. The first-order valence-corrected chi connectivity index (χ1v) is 9.46. The molecule has 2 aliphatic rings. The van der Waals surface area contributed by atoms with Gasteiger partial charge in [0.05, 0.1) is 6.61 Å². The Hall–Kier alpha value is -2.83. The maximum absolute atomic E-state index is 13.1. The summed E-state index contributed by atoms with van der Waals surface area (Å²) in [7, 11) is 0. The lowest BCUT2D eigenvalue weighted by molar-refractivity contribution is -0.136. The fourth-order valence-corrected chi connectivity index (χ4v) is 3.85. The lowest BCUT2D eigenvalue weighted by Gasteiger charge is -2.37. The topological polar surface area (TPSA) is 84.6 Å². The highest BCUT2D eigenvalue weighted by atomic mass is 16.5. The number of aromatic nitrogens is 2. The lowest BCUT2D eigenvalue weighted by atomic mass is 9.95. The summed E-state index contributed by atoms with van der Waals surface area (Å²) in [5.74, 6) is 2.25. The summed E-state index contributed by atoms with van der Waals surface area (Å²) in [6, 6.07) is 9.95. The SMILES string of the molecule is Cc1cc(N2CCN(C(=O)[C@H]3CCOc4ccccc4C3)CC2)nc(N)n1. The number of nitrogens with zero attached hydrogens (tertiary/aromatic N) is 4. The third-order valence-corrected chi connectivity index (χ3v) is 5.29. The van der Waals surface area contributed by atoms with E-state index in [9.17, 15) is 4.79 Å². The number of aryl methyl sites for hydroxylation is 1. The maximum Gasteiger partial charge on any atom is 0.226 e. The van der Waals surface area contributed by atoms with Crippen molar-refractivity contribution in [2.45, 2.75) is 19.8 Å². The van der Waals surface area contributed by atoms with E-state index in [2.05, 4.69) is 20.9 Å². The van der Waals surface area contributed by atoms with Crippen LogP contribution in [0.1, 0.15) is 17.7 Å². The van der Waals surface area contributed by atoms with Crippen molar-refractivity contribution in [2.75, 3.05) is 43.4 Å². The molecule has 0 radical (unpaired) electrons. The van der Waals surface area contributed by atoms with Gasteiger partial charge in [-0.1, -0.05) is 18.2 Å². The van der Waals surface area contributed by atoms with Gasteiger partial charge in [0.1, 0.15) is 11.6 Å². The number of anilines is 2. The molecule has 1 amide bonds. The molecule has 27 heavy (non-hydrogen) atoms. The van der Waals surface area contributed by atoms with E-state index in [1.807, 2.05) is 36.1 Å². The molecule has 1 aromatic carbocycles. The van der Waals surface area contributed by atoms with E-state index in [0.29, 0.717) is 25.6 Å². The number of amides is 1. The van der Waals surface area contributed by atoms with Crippen LogP contribution in [0.5, 0.6) is 5.75 Å². The van der Waals surface area contributed by atoms with Gasteiger partial charge in [0.2, 0.25) is 11.9 Å². The minimum absolute atomic E-state index is 0.0165. The van der Waals surface area contributed by atoms with Crippen LogP contribution >= 0.6 is 0 Å². The molecule has 7 nitrogen and oxygen atoms in total. The van der Waals surface area contributed by atoms with Gasteiger partial charge in [-0.2, -0.15) is 4.98 Å². The molecule has 1 aromatic heterocycles. The van der Waals surface area contributed by atoms with Gasteiger partial charge in [-0.25, -0.2) is 4.98 Å². The zero-order valence-corrected chi connectivity index (χ0v) is 15.6. The molecule has 1 fully saturated rings. The fraction of sp³-hybridized carbons (Fsp3) is 0.450. The van der Waals surface area contributed by atoms with Crippen molar-refractivity contribution in [3.8, 4) is 5.75 Å². The smallest absolute Gasteiger partial charge is 0.226 e. The number of nitrogens with two attached hydrogens (primary N) is 1.